The molecule has 8 heteroatoms. The summed E-state index contributed by atoms with van der Waals surface area (Å²) in [5.41, 5.74) is 3.73. The molecule has 0 saturated heterocycles. The van der Waals surface area contributed by atoms with E-state index in [0.29, 0.717) is 29.6 Å². The molecule has 0 saturated carbocycles. The number of methoxy groups -OCH3 is 2. The molecule has 0 bridgehead atoms. The van der Waals surface area contributed by atoms with Crippen molar-refractivity contribution < 1.29 is 9.47 Å². The second kappa shape index (κ2) is 8.02. The summed E-state index contributed by atoms with van der Waals surface area (Å²) in [6, 6.07) is 13.4. The van der Waals surface area contributed by atoms with Crippen LogP contribution in [-0.4, -0.2) is 35.9 Å². The molecule has 0 fully saturated rings. The number of anilines is 3. The summed E-state index contributed by atoms with van der Waals surface area (Å²) in [6.07, 6.45) is 2.41. The van der Waals surface area contributed by atoms with E-state index in [9.17, 15) is 0 Å². The molecule has 4 rings (SSSR count). The zero-order chi connectivity index (χ0) is 20.2. The number of fused-ring (bicyclic) bond motifs is 1. The summed E-state index contributed by atoms with van der Waals surface area (Å²) in [5, 5.41) is 20.5. The van der Waals surface area contributed by atoms with Gasteiger partial charge in [-0.3, -0.25) is 0 Å². The number of nitrogens with one attached hydrogen (secondary N) is 1. The van der Waals surface area contributed by atoms with Gasteiger partial charge in [-0.25, -0.2) is 0 Å². The molecule has 0 spiro atoms. The predicted octanol–water partition coefficient (Wildman–Crippen LogP) is 3.07. The van der Waals surface area contributed by atoms with Crippen molar-refractivity contribution in [2.45, 2.75) is 13.0 Å². The number of ether oxygens (including phenoxy) is 2. The molecule has 2 aromatic carbocycles. The van der Waals surface area contributed by atoms with Gasteiger partial charge in [0.2, 0.25) is 5.95 Å². The fourth-order valence-corrected chi connectivity index (χ4v) is 3.36. The number of rotatable bonds is 5. The van der Waals surface area contributed by atoms with Gasteiger partial charge < -0.3 is 19.7 Å². The van der Waals surface area contributed by atoms with Gasteiger partial charge in [-0.1, -0.05) is 6.07 Å². The van der Waals surface area contributed by atoms with Gasteiger partial charge in [-0.15, -0.1) is 5.10 Å². The van der Waals surface area contributed by atoms with Gasteiger partial charge in [0.1, 0.15) is 0 Å². The van der Waals surface area contributed by atoms with Gasteiger partial charge in [0.25, 0.3) is 0 Å². The van der Waals surface area contributed by atoms with Crippen LogP contribution in [-0.2, 0) is 13.0 Å². The lowest BCUT2D eigenvalue weighted by molar-refractivity contribution is 0.353. The zero-order valence-corrected chi connectivity index (χ0v) is 16.2. The van der Waals surface area contributed by atoms with Crippen LogP contribution in [0.1, 0.15) is 16.7 Å². The third kappa shape index (κ3) is 3.89. The molecule has 146 valence electrons. The molecule has 0 aliphatic carbocycles. The first kappa shape index (κ1) is 18.5. The molecule has 2 heterocycles. The van der Waals surface area contributed by atoms with Crippen molar-refractivity contribution >= 4 is 17.5 Å². The van der Waals surface area contributed by atoms with Crippen LogP contribution < -0.4 is 19.7 Å². The number of hydrogen-bond donors (Lipinski definition) is 1. The van der Waals surface area contributed by atoms with Gasteiger partial charge in [0, 0.05) is 18.8 Å². The number of hydrogen-bond acceptors (Lipinski definition) is 8. The molecular weight excluding hydrogens is 368 g/mol. The molecule has 29 heavy (non-hydrogen) atoms. The van der Waals surface area contributed by atoms with Crippen molar-refractivity contribution in [3.8, 4) is 17.6 Å². The van der Waals surface area contributed by atoms with Crippen molar-refractivity contribution in [2.24, 2.45) is 0 Å². The van der Waals surface area contributed by atoms with Crippen LogP contribution in [0.4, 0.5) is 17.5 Å². The smallest absolute Gasteiger partial charge is 0.247 e. The Bertz CT molecular complexity index is 1080. The Balaban J connectivity index is 1.55. The van der Waals surface area contributed by atoms with Crippen LogP contribution in [0.2, 0.25) is 0 Å². The monoisotopic (exact) mass is 388 g/mol. The number of aromatic nitrogens is 3. The van der Waals surface area contributed by atoms with Gasteiger partial charge in [0.05, 0.1) is 32.0 Å². The lowest BCUT2D eigenvalue weighted by atomic mass is 9.99. The highest BCUT2D eigenvalue weighted by Gasteiger charge is 2.21. The molecule has 1 aliphatic heterocycles. The number of nitriles is 1. The molecule has 0 unspecified atom stereocenters. The van der Waals surface area contributed by atoms with E-state index >= 15 is 0 Å². The Morgan fingerprint density at radius 2 is 1.90 bits per heavy atom. The Hall–Kier alpha value is -3.86. The van der Waals surface area contributed by atoms with Crippen molar-refractivity contribution in [3.05, 3.63) is 59.3 Å². The largest absolute Gasteiger partial charge is 0.493 e. The van der Waals surface area contributed by atoms with E-state index in [-0.39, 0.29) is 0 Å². The van der Waals surface area contributed by atoms with Crippen LogP contribution in [0.3, 0.4) is 0 Å². The van der Waals surface area contributed by atoms with Crippen molar-refractivity contribution in [2.75, 3.05) is 31.0 Å². The first-order chi connectivity index (χ1) is 14.2. The Kier molecular flexibility index (Phi) is 5.12. The SMILES string of the molecule is COc1cc2c(cc1OC)CN(c1nncc(Nc3cccc(C#N)c3)n1)CC2. The minimum absolute atomic E-state index is 0.548. The highest BCUT2D eigenvalue weighted by molar-refractivity contribution is 5.59. The maximum absolute atomic E-state index is 9.05. The Morgan fingerprint density at radius 1 is 1.10 bits per heavy atom. The quantitative estimate of drug-likeness (QED) is 0.712. The molecule has 0 amide bonds. The number of nitrogens with zero attached hydrogens (tertiary/aromatic N) is 5. The minimum Gasteiger partial charge on any atom is -0.493 e. The highest BCUT2D eigenvalue weighted by Crippen LogP contribution is 2.34. The second-order valence-corrected chi connectivity index (χ2v) is 6.61. The third-order valence-corrected chi connectivity index (χ3v) is 4.81. The van der Waals surface area contributed by atoms with E-state index in [2.05, 4.69) is 31.5 Å². The summed E-state index contributed by atoms with van der Waals surface area (Å²) in [6.45, 7) is 1.43. The Labute approximate surface area is 168 Å². The van der Waals surface area contributed by atoms with Gasteiger partial charge in [-0.2, -0.15) is 15.3 Å². The van der Waals surface area contributed by atoms with Crippen LogP contribution in [0, 0.1) is 11.3 Å². The fraction of sp³-hybridized carbons (Fsp3) is 0.238. The first-order valence-electron chi connectivity index (χ1n) is 9.16. The molecule has 0 atom stereocenters. The zero-order valence-electron chi connectivity index (χ0n) is 16.2. The summed E-state index contributed by atoms with van der Waals surface area (Å²) in [4.78, 5) is 6.68. The summed E-state index contributed by atoms with van der Waals surface area (Å²) in [7, 11) is 3.28. The Morgan fingerprint density at radius 3 is 2.66 bits per heavy atom. The van der Waals surface area contributed by atoms with Crippen LogP contribution >= 0.6 is 0 Å². The maximum atomic E-state index is 9.05. The lowest BCUT2D eigenvalue weighted by Gasteiger charge is -2.29. The average molecular weight is 388 g/mol. The molecule has 8 nitrogen and oxygen atoms in total. The van der Waals surface area contributed by atoms with E-state index in [1.54, 1.807) is 32.5 Å². The van der Waals surface area contributed by atoms with Gasteiger partial charge in [-0.05, 0) is 47.9 Å². The van der Waals surface area contributed by atoms with Crippen molar-refractivity contribution in [1.29, 1.82) is 5.26 Å². The standard InChI is InChI=1S/C21H20N6O2/c1-28-18-9-15-6-7-27(13-16(15)10-19(18)29-2)21-25-20(12-23-26-21)24-17-5-3-4-14(8-17)11-22/h3-5,8-10,12H,6-7,13H2,1-2H3,(H,24,25,26). The van der Waals surface area contributed by atoms with E-state index in [0.717, 1.165) is 30.0 Å². The minimum atomic E-state index is 0.548. The summed E-state index contributed by atoms with van der Waals surface area (Å²) < 4.78 is 10.8. The van der Waals surface area contributed by atoms with Crippen molar-refractivity contribution in [1.82, 2.24) is 15.2 Å². The second-order valence-electron chi connectivity index (χ2n) is 6.61. The predicted molar refractivity (Wildman–Crippen MR) is 109 cm³/mol. The van der Waals surface area contributed by atoms with E-state index in [4.69, 9.17) is 14.7 Å². The molecule has 3 aromatic rings. The van der Waals surface area contributed by atoms with E-state index in [1.807, 2.05) is 24.3 Å². The van der Waals surface area contributed by atoms with Crippen molar-refractivity contribution in [3.63, 3.8) is 0 Å². The third-order valence-electron chi connectivity index (χ3n) is 4.81. The van der Waals surface area contributed by atoms with Crippen LogP contribution in [0.15, 0.2) is 42.6 Å². The first-order valence-corrected chi connectivity index (χ1v) is 9.16. The van der Waals surface area contributed by atoms with Crippen LogP contribution in [0.25, 0.3) is 0 Å². The lowest BCUT2D eigenvalue weighted by Crippen LogP contribution is -2.32. The fourth-order valence-electron chi connectivity index (χ4n) is 3.36. The summed E-state index contributed by atoms with van der Waals surface area (Å²) in [5.74, 6) is 2.57. The van der Waals surface area contributed by atoms with Crippen LogP contribution in [0.5, 0.6) is 11.5 Å². The molecule has 1 aromatic heterocycles. The molecule has 1 N–H and O–H groups in total. The molecule has 1 aliphatic rings. The van der Waals surface area contributed by atoms with E-state index in [1.165, 1.54) is 5.56 Å². The van der Waals surface area contributed by atoms with Gasteiger partial charge >= 0.3 is 0 Å². The molecular formula is C21H20N6O2. The van der Waals surface area contributed by atoms with E-state index < -0.39 is 0 Å². The normalized spacial score (nSPS) is 12.7. The summed E-state index contributed by atoms with van der Waals surface area (Å²) >= 11 is 0. The topological polar surface area (TPSA) is 96.2 Å². The molecule has 0 radical (unpaired) electrons. The van der Waals surface area contributed by atoms with Gasteiger partial charge in [0.15, 0.2) is 17.3 Å². The highest BCUT2D eigenvalue weighted by atomic mass is 16.5. The number of benzene rings is 2. The average Bonchev–Trinajstić information content (AvgIpc) is 2.78. The maximum Gasteiger partial charge on any atom is 0.247 e.